The summed E-state index contributed by atoms with van der Waals surface area (Å²) in [6.45, 7) is 2.87. The minimum atomic E-state index is -0.00365. The van der Waals surface area contributed by atoms with Crippen LogP contribution in [0.2, 0.25) is 5.02 Å². The van der Waals surface area contributed by atoms with Crippen molar-refractivity contribution in [3.05, 3.63) is 46.9 Å². The molecule has 1 N–H and O–H groups in total. The summed E-state index contributed by atoms with van der Waals surface area (Å²) in [6.07, 6.45) is 3.37. The summed E-state index contributed by atoms with van der Waals surface area (Å²) in [6, 6.07) is 5.72. The number of methoxy groups -OCH3 is 2. The van der Waals surface area contributed by atoms with Crippen LogP contribution in [0, 0.1) is 0 Å². The molecular formula is C15H18ClNO3. The highest BCUT2D eigenvalue weighted by molar-refractivity contribution is 6.32. The van der Waals surface area contributed by atoms with Crippen LogP contribution in [-0.2, 0) is 0 Å². The van der Waals surface area contributed by atoms with Crippen LogP contribution in [0.1, 0.15) is 24.1 Å². The lowest BCUT2D eigenvalue weighted by Gasteiger charge is -2.19. The van der Waals surface area contributed by atoms with E-state index in [2.05, 4.69) is 12.2 Å². The Morgan fingerprint density at radius 3 is 2.60 bits per heavy atom. The first-order chi connectivity index (χ1) is 9.71. The van der Waals surface area contributed by atoms with Gasteiger partial charge in [-0.15, -0.1) is 0 Å². The maximum atomic E-state index is 6.26. The number of nitrogens with one attached hydrogen (secondary N) is 1. The second-order valence-electron chi connectivity index (χ2n) is 4.29. The maximum Gasteiger partial charge on any atom is 0.179 e. The van der Waals surface area contributed by atoms with Gasteiger partial charge in [-0.1, -0.05) is 18.5 Å². The minimum Gasteiger partial charge on any atom is -0.493 e. The number of benzene rings is 1. The van der Waals surface area contributed by atoms with E-state index in [1.165, 1.54) is 0 Å². The highest BCUT2D eigenvalue weighted by Gasteiger charge is 2.19. The highest BCUT2D eigenvalue weighted by atomic mass is 35.5. The molecule has 0 saturated heterocycles. The Morgan fingerprint density at radius 2 is 2.05 bits per heavy atom. The fourth-order valence-electron chi connectivity index (χ4n) is 2.18. The molecule has 5 heteroatoms. The standard InChI is InChI=1S/C15H18ClNO3/c1-4-17-14(10-5-6-20-9-10)11-7-12(16)15(19-3)13(8-11)18-2/h5-9,14,17H,4H2,1-3H3. The van der Waals surface area contributed by atoms with Gasteiger partial charge < -0.3 is 19.2 Å². The van der Waals surface area contributed by atoms with Crippen molar-refractivity contribution in [1.29, 1.82) is 0 Å². The molecule has 0 aliphatic rings. The smallest absolute Gasteiger partial charge is 0.179 e. The summed E-state index contributed by atoms with van der Waals surface area (Å²) in [4.78, 5) is 0. The van der Waals surface area contributed by atoms with Gasteiger partial charge in [0.05, 0.1) is 37.8 Å². The van der Waals surface area contributed by atoms with Gasteiger partial charge in [0.1, 0.15) is 0 Å². The molecule has 2 aromatic rings. The van der Waals surface area contributed by atoms with Crippen molar-refractivity contribution in [2.24, 2.45) is 0 Å². The number of rotatable bonds is 6. The van der Waals surface area contributed by atoms with E-state index < -0.39 is 0 Å². The topological polar surface area (TPSA) is 43.6 Å². The van der Waals surface area contributed by atoms with Crippen LogP contribution in [0.3, 0.4) is 0 Å². The summed E-state index contributed by atoms with van der Waals surface area (Å²) < 4.78 is 15.8. The van der Waals surface area contributed by atoms with Gasteiger partial charge in [-0.3, -0.25) is 0 Å². The molecule has 0 fully saturated rings. The Kier molecular flexibility index (Phi) is 4.93. The number of hydrogen-bond donors (Lipinski definition) is 1. The van der Waals surface area contributed by atoms with Gasteiger partial charge in [-0.25, -0.2) is 0 Å². The second-order valence-corrected chi connectivity index (χ2v) is 4.69. The average Bonchev–Trinajstić information content (AvgIpc) is 2.97. The van der Waals surface area contributed by atoms with Crippen molar-refractivity contribution in [3.63, 3.8) is 0 Å². The molecule has 0 aliphatic carbocycles. The predicted molar refractivity (Wildman–Crippen MR) is 78.8 cm³/mol. The van der Waals surface area contributed by atoms with Gasteiger partial charge in [0, 0.05) is 5.56 Å². The first kappa shape index (κ1) is 14.8. The number of halogens is 1. The molecule has 0 amide bonds. The molecular weight excluding hydrogens is 278 g/mol. The van der Waals surface area contributed by atoms with E-state index in [1.54, 1.807) is 26.7 Å². The van der Waals surface area contributed by atoms with E-state index in [-0.39, 0.29) is 6.04 Å². The molecule has 2 rings (SSSR count). The predicted octanol–water partition coefficient (Wildman–Crippen LogP) is 3.65. The third-order valence-electron chi connectivity index (χ3n) is 3.07. The molecule has 20 heavy (non-hydrogen) atoms. The van der Waals surface area contributed by atoms with Crippen LogP contribution < -0.4 is 14.8 Å². The molecule has 108 valence electrons. The number of ether oxygens (including phenoxy) is 2. The highest BCUT2D eigenvalue weighted by Crippen LogP contribution is 2.38. The molecule has 1 unspecified atom stereocenters. The number of hydrogen-bond acceptors (Lipinski definition) is 4. The molecule has 0 radical (unpaired) electrons. The van der Waals surface area contributed by atoms with Crippen LogP contribution in [0.4, 0.5) is 0 Å². The summed E-state index contributed by atoms with van der Waals surface area (Å²) in [5, 5.41) is 3.92. The molecule has 0 aliphatic heterocycles. The van der Waals surface area contributed by atoms with E-state index in [0.29, 0.717) is 16.5 Å². The second kappa shape index (κ2) is 6.68. The minimum absolute atomic E-state index is 0.00365. The Hall–Kier alpha value is -1.65. The van der Waals surface area contributed by atoms with E-state index in [0.717, 1.165) is 17.7 Å². The maximum absolute atomic E-state index is 6.26. The monoisotopic (exact) mass is 295 g/mol. The lowest BCUT2D eigenvalue weighted by atomic mass is 10.0. The Labute approximate surface area is 123 Å². The van der Waals surface area contributed by atoms with Crippen molar-refractivity contribution in [2.75, 3.05) is 20.8 Å². The summed E-state index contributed by atoms with van der Waals surface area (Å²) >= 11 is 6.26. The van der Waals surface area contributed by atoms with Gasteiger partial charge in [0.25, 0.3) is 0 Å². The quantitative estimate of drug-likeness (QED) is 0.883. The Bertz CT molecular complexity index is 554. The zero-order valence-electron chi connectivity index (χ0n) is 11.8. The van der Waals surface area contributed by atoms with Crippen LogP contribution in [0.25, 0.3) is 0 Å². The van der Waals surface area contributed by atoms with Crippen molar-refractivity contribution in [2.45, 2.75) is 13.0 Å². The summed E-state index contributed by atoms with van der Waals surface area (Å²) in [5.41, 5.74) is 2.03. The molecule has 0 spiro atoms. The lowest BCUT2D eigenvalue weighted by molar-refractivity contribution is 0.354. The molecule has 1 aromatic carbocycles. The SMILES string of the molecule is CCNC(c1ccoc1)c1cc(Cl)c(OC)c(OC)c1. The first-order valence-electron chi connectivity index (χ1n) is 6.38. The zero-order valence-corrected chi connectivity index (χ0v) is 12.5. The van der Waals surface area contributed by atoms with E-state index in [1.807, 2.05) is 18.2 Å². The first-order valence-corrected chi connectivity index (χ1v) is 6.76. The van der Waals surface area contributed by atoms with Crippen molar-refractivity contribution >= 4 is 11.6 Å². The average molecular weight is 296 g/mol. The molecule has 0 saturated carbocycles. The summed E-state index contributed by atoms with van der Waals surface area (Å²) in [7, 11) is 3.17. The Balaban J connectivity index is 2.46. The van der Waals surface area contributed by atoms with E-state index in [9.17, 15) is 0 Å². The normalized spacial score (nSPS) is 12.2. The van der Waals surface area contributed by atoms with Crippen LogP contribution in [0.5, 0.6) is 11.5 Å². The Morgan fingerprint density at radius 1 is 1.25 bits per heavy atom. The molecule has 4 nitrogen and oxygen atoms in total. The van der Waals surface area contributed by atoms with Gasteiger partial charge >= 0.3 is 0 Å². The fraction of sp³-hybridized carbons (Fsp3) is 0.333. The number of furan rings is 1. The van der Waals surface area contributed by atoms with Crippen LogP contribution in [0.15, 0.2) is 35.1 Å². The third kappa shape index (κ3) is 2.92. The van der Waals surface area contributed by atoms with E-state index in [4.69, 9.17) is 25.5 Å². The fourth-order valence-corrected chi connectivity index (χ4v) is 2.47. The molecule has 1 atom stereocenters. The van der Waals surface area contributed by atoms with E-state index >= 15 is 0 Å². The molecule has 0 bridgehead atoms. The lowest BCUT2D eigenvalue weighted by Crippen LogP contribution is -2.21. The van der Waals surface area contributed by atoms with Crippen molar-refractivity contribution in [3.8, 4) is 11.5 Å². The molecule has 1 aromatic heterocycles. The van der Waals surface area contributed by atoms with Gasteiger partial charge in [-0.2, -0.15) is 0 Å². The van der Waals surface area contributed by atoms with Crippen LogP contribution in [-0.4, -0.2) is 20.8 Å². The largest absolute Gasteiger partial charge is 0.493 e. The van der Waals surface area contributed by atoms with Gasteiger partial charge in [0.2, 0.25) is 0 Å². The van der Waals surface area contributed by atoms with Crippen molar-refractivity contribution in [1.82, 2.24) is 5.32 Å². The zero-order chi connectivity index (χ0) is 14.5. The van der Waals surface area contributed by atoms with Gasteiger partial charge in [0.15, 0.2) is 11.5 Å². The van der Waals surface area contributed by atoms with Crippen molar-refractivity contribution < 1.29 is 13.9 Å². The van der Waals surface area contributed by atoms with Crippen LogP contribution >= 0.6 is 11.6 Å². The molecule has 1 heterocycles. The third-order valence-corrected chi connectivity index (χ3v) is 3.35. The van der Waals surface area contributed by atoms with Gasteiger partial charge in [-0.05, 0) is 30.3 Å². The summed E-state index contributed by atoms with van der Waals surface area (Å²) in [5.74, 6) is 1.15.